The predicted octanol–water partition coefficient (Wildman–Crippen LogP) is 5.30. The van der Waals surface area contributed by atoms with E-state index in [1.807, 2.05) is 0 Å². The van der Waals surface area contributed by atoms with Crippen LogP contribution in [0.3, 0.4) is 0 Å². The average molecular weight is 443 g/mol. The molecule has 1 aliphatic heterocycles. The van der Waals surface area contributed by atoms with Crippen LogP contribution in [0.5, 0.6) is 0 Å². The monoisotopic (exact) mass is 442 g/mol. The first-order valence-electron chi connectivity index (χ1n) is 13.1. The molecule has 0 aromatic heterocycles. The molecule has 1 fully saturated rings. The van der Waals surface area contributed by atoms with Crippen LogP contribution < -0.4 is 0 Å². The number of hydrogen-bond acceptors (Lipinski definition) is 5. The van der Waals surface area contributed by atoms with Crippen molar-refractivity contribution in [1.29, 1.82) is 0 Å². The molecule has 0 bridgehead atoms. The maximum absolute atomic E-state index is 10.1. The molecule has 1 heterocycles. The van der Waals surface area contributed by atoms with Crippen LogP contribution in [0.2, 0.25) is 0 Å². The minimum atomic E-state index is -1.05. The minimum Gasteiger partial charge on any atom is -0.394 e. The highest BCUT2D eigenvalue weighted by Crippen LogP contribution is 2.20. The van der Waals surface area contributed by atoms with Crippen molar-refractivity contribution in [3.05, 3.63) is 12.2 Å². The summed E-state index contributed by atoms with van der Waals surface area (Å²) in [6, 6.07) is 0. The van der Waals surface area contributed by atoms with Gasteiger partial charge in [-0.3, -0.25) is 0 Å². The molecule has 5 heteroatoms. The zero-order valence-electron chi connectivity index (χ0n) is 20.1. The SMILES string of the molecule is CCCCCC/C=C/CCCCCCCCCCCCO[C@H]1CO[C@@H]([C@H](O)CO)[C@H]1O. The van der Waals surface area contributed by atoms with Crippen LogP contribution in [-0.2, 0) is 9.47 Å². The number of unbranched alkanes of at least 4 members (excludes halogenated alkanes) is 14. The van der Waals surface area contributed by atoms with Crippen LogP contribution >= 0.6 is 0 Å². The highest BCUT2D eigenvalue weighted by atomic mass is 16.6. The van der Waals surface area contributed by atoms with E-state index in [4.69, 9.17) is 14.6 Å². The van der Waals surface area contributed by atoms with Crippen molar-refractivity contribution in [2.45, 2.75) is 134 Å². The van der Waals surface area contributed by atoms with Gasteiger partial charge in [0, 0.05) is 6.61 Å². The molecule has 4 atom stereocenters. The molecule has 5 nitrogen and oxygen atoms in total. The average Bonchev–Trinajstić information content (AvgIpc) is 3.15. The number of aliphatic hydroxyl groups is 3. The molecule has 0 aromatic rings. The lowest BCUT2D eigenvalue weighted by Gasteiger charge is -2.20. The molecule has 1 saturated heterocycles. The number of rotatable bonds is 21. The van der Waals surface area contributed by atoms with Crippen molar-refractivity contribution >= 4 is 0 Å². The van der Waals surface area contributed by atoms with E-state index >= 15 is 0 Å². The quantitative estimate of drug-likeness (QED) is 0.166. The summed E-state index contributed by atoms with van der Waals surface area (Å²) in [6.07, 6.45) is 22.4. The molecule has 0 radical (unpaired) electrons. The second-order valence-corrected chi connectivity index (χ2v) is 9.09. The van der Waals surface area contributed by atoms with Gasteiger partial charge in [0.2, 0.25) is 0 Å². The number of aliphatic hydroxyl groups excluding tert-OH is 3. The molecule has 31 heavy (non-hydrogen) atoms. The van der Waals surface area contributed by atoms with Gasteiger partial charge in [-0.25, -0.2) is 0 Å². The second kappa shape index (κ2) is 20.2. The Kier molecular flexibility index (Phi) is 18.6. The third-order valence-corrected chi connectivity index (χ3v) is 6.22. The van der Waals surface area contributed by atoms with E-state index in [1.54, 1.807) is 0 Å². The first-order valence-corrected chi connectivity index (χ1v) is 13.1. The van der Waals surface area contributed by atoms with Crippen LogP contribution in [0.4, 0.5) is 0 Å². The van der Waals surface area contributed by atoms with Gasteiger partial charge in [0.25, 0.3) is 0 Å². The van der Waals surface area contributed by atoms with Gasteiger partial charge in [-0.1, -0.05) is 89.7 Å². The van der Waals surface area contributed by atoms with Crippen LogP contribution in [0.1, 0.15) is 110 Å². The molecule has 0 saturated carbocycles. The zero-order valence-corrected chi connectivity index (χ0v) is 20.1. The number of hydrogen-bond donors (Lipinski definition) is 3. The Morgan fingerprint density at radius 1 is 0.839 bits per heavy atom. The van der Waals surface area contributed by atoms with Crippen LogP contribution in [-0.4, -0.2) is 59.6 Å². The fourth-order valence-electron chi connectivity index (χ4n) is 4.14. The highest BCUT2D eigenvalue weighted by Gasteiger charge is 2.40. The summed E-state index contributed by atoms with van der Waals surface area (Å²) in [5.41, 5.74) is 0. The zero-order chi connectivity index (χ0) is 22.6. The Morgan fingerprint density at radius 3 is 1.90 bits per heavy atom. The van der Waals surface area contributed by atoms with Crippen LogP contribution in [0.25, 0.3) is 0 Å². The molecule has 0 aromatic carbocycles. The van der Waals surface area contributed by atoms with Gasteiger partial charge < -0.3 is 24.8 Å². The third kappa shape index (κ3) is 14.3. The molecule has 0 amide bonds. The largest absolute Gasteiger partial charge is 0.394 e. The van der Waals surface area contributed by atoms with Gasteiger partial charge in [-0.15, -0.1) is 0 Å². The topological polar surface area (TPSA) is 79.2 Å². The van der Waals surface area contributed by atoms with Crippen molar-refractivity contribution in [1.82, 2.24) is 0 Å². The van der Waals surface area contributed by atoms with E-state index in [0.717, 1.165) is 12.8 Å². The van der Waals surface area contributed by atoms with Crippen molar-refractivity contribution < 1.29 is 24.8 Å². The Morgan fingerprint density at radius 2 is 1.35 bits per heavy atom. The summed E-state index contributed by atoms with van der Waals surface area (Å²) in [6.45, 7) is 2.74. The Balaban J connectivity index is 1.79. The standard InChI is InChI=1S/C26H50O5/c1-2-3-4-5-6-7-8-9-10-11-12-13-14-15-16-17-18-19-20-30-24-22-31-26(25(24)29)23(28)21-27/h7-8,23-29H,2-6,9-22H2,1H3/b8-7+/t23-,24+,25+,26+/m1/s1. The summed E-state index contributed by atoms with van der Waals surface area (Å²) in [5.74, 6) is 0. The van der Waals surface area contributed by atoms with Crippen LogP contribution in [0.15, 0.2) is 12.2 Å². The van der Waals surface area contributed by atoms with Crippen molar-refractivity contribution in [3.63, 3.8) is 0 Å². The number of allylic oxidation sites excluding steroid dienone is 2. The summed E-state index contributed by atoms with van der Waals surface area (Å²) >= 11 is 0. The molecule has 184 valence electrons. The molecule has 1 rings (SSSR count). The van der Waals surface area contributed by atoms with Crippen molar-refractivity contribution in [2.24, 2.45) is 0 Å². The molecule has 0 aliphatic carbocycles. The smallest absolute Gasteiger partial charge is 0.114 e. The molecule has 3 N–H and O–H groups in total. The lowest BCUT2D eigenvalue weighted by atomic mass is 10.1. The molecule has 0 unspecified atom stereocenters. The molecular weight excluding hydrogens is 392 g/mol. The van der Waals surface area contributed by atoms with E-state index < -0.39 is 31.0 Å². The van der Waals surface area contributed by atoms with E-state index in [1.165, 1.54) is 89.9 Å². The maximum Gasteiger partial charge on any atom is 0.114 e. The van der Waals surface area contributed by atoms with Gasteiger partial charge in [0.05, 0.1) is 13.2 Å². The first-order chi connectivity index (χ1) is 15.2. The van der Waals surface area contributed by atoms with E-state index in [0.29, 0.717) is 6.61 Å². The van der Waals surface area contributed by atoms with Gasteiger partial charge in [0.1, 0.15) is 24.4 Å². The predicted molar refractivity (Wildman–Crippen MR) is 127 cm³/mol. The highest BCUT2D eigenvalue weighted by molar-refractivity contribution is 4.88. The fourth-order valence-corrected chi connectivity index (χ4v) is 4.14. The Bertz CT molecular complexity index is 415. The second-order valence-electron chi connectivity index (χ2n) is 9.09. The molecular formula is C26H50O5. The summed E-state index contributed by atoms with van der Waals surface area (Å²) in [4.78, 5) is 0. The minimum absolute atomic E-state index is 0.276. The fraction of sp³-hybridized carbons (Fsp3) is 0.923. The summed E-state index contributed by atoms with van der Waals surface area (Å²) in [7, 11) is 0. The summed E-state index contributed by atoms with van der Waals surface area (Å²) in [5, 5.41) is 28.6. The number of ether oxygens (including phenoxy) is 2. The Labute approximate surface area is 191 Å². The van der Waals surface area contributed by atoms with Gasteiger partial charge in [-0.2, -0.15) is 0 Å². The molecule has 0 spiro atoms. The van der Waals surface area contributed by atoms with E-state index in [2.05, 4.69) is 19.1 Å². The van der Waals surface area contributed by atoms with Gasteiger partial charge >= 0.3 is 0 Å². The summed E-state index contributed by atoms with van der Waals surface area (Å²) < 4.78 is 11.0. The van der Waals surface area contributed by atoms with Crippen molar-refractivity contribution in [2.75, 3.05) is 19.8 Å². The van der Waals surface area contributed by atoms with Crippen molar-refractivity contribution in [3.8, 4) is 0 Å². The normalized spacial score (nSPS) is 22.5. The van der Waals surface area contributed by atoms with E-state index in [-0.39, 0.29) is 6.61 Å². The van der Waals surface area contributed by atoms with Crippen LogP contribution in [0, 0.1) is 0 Å². The van der Waals surface area contributed by atoms with Gasteiger partial charge in [-0.05, 0) is 32.1 Å². The lowest BCUT2D eigenvalue weighted by Crippen LogP contribution is -2.41. The first kappa shape index (κ1) is 28.6. The maximum atomic E-state index is 10.1. The molecule has 1 aliphatic rings. The Hall–Kier alpha value is -0.460. The lowest BCUT2D eigenvalue weighted by molar-refractivity contribution is -0.0730. The van der Waals surface area contributed by atoms with Gasteiger partial charge in [0.15, 0.2) is 0 Å². The third-order valence-electron chi connectivity index (χ3n) is 6.22. The van der Waals surface area contributed by atoms with E-state index in [9.17, 15) is 10.2 Å².